The number of rotatable bonds is 9. The normalized spacial score (nSPS) is 24.1. The van der Waals surface area contributed by atoms with Gasteiger partial charge in [-0.1, -0.05) is 24.8 Å². The molecule has 0 aromatic heterocycles. The molecule has 2 fully saturated rings. The highest BCUT2D eigenvalue weighted by Crippen LogP contribution is 2.41. The number of carbonyl (C=O) groups excluding carboxylic acids is 1. The van der Waals surface area contributed by atoms with Gasteiger partial charge in [0.1, 0.15) is 18.1 Å². The van der Waals surface area contributed by atoms with Crippen LogP contribution in [0.15, 0.2) is 49.1 Å². The molecule has 5 nitrogen and oxygen atoms in total. The van der Waals surface area contributed by atoms with Crippen molar-refractivity contribution in [1.82, 2.24) is 0 Å². The largest absolute Gasteiger partial charge is 0.494 e. The Morgan fingerprint density at radius 2 is 1.69 bits per heavy atom. The van der Waals surface area contributed by atoms with E-state index in [4.69, 9.17) is 18.9 Å². The Morgan fingerprint density at radius 3 is 2.33 bits per heavy atom. The molecule has 0 bridgehead atoms. The van der Waals surface area contributed by atoms with Crippen molar-refractivity contribution in [3.05, 3.63) is 66.0 Å². The second-order valence-corrected chi connectivity index (χ2v) is 9.79. The van der Waals surface area contributed by atoms with E-state index < -0.39 is 17.9 Å². The molecular weight excluding hydrogens is 459 g/mol. The predicted molar refractivity (Wildman–Crippen MR) is 137 cm³/mol. The summed E-state index contributed by atoms with van der Waals surface area (Å²) in [5.74, 6) is 1.77. The van der Waals surface area contributed by atoms with Crippen molar-refractivity contribution in [2.75, 3.05) is 19.8 Å². The average molecular weight is 497 g/mol. The zero-order chi connectivity index (χ0) is 25.5. The fraction of sp³-hybridized carbons (Fsp3) is 0.500. The number of halogens is 1. The van der Waals surface area contributed by atoms with Gasteiger partial charge in [0.15, 0.2) is 17.7 Å². The van der Waals surface area contributed by atoms with Crippen LogP contribution < -0.4 is 14.2 Å². The first-order chi connectivity index (χ1) is 17.5. The van der Waals surface area contributed by atoms with Crippen LogP contribution in [0.1, 0.15) is 62.5 Å². The maximum atomic E-state index is 14.7. The van der Waals surface area contributed by atoms with Crippen LogP contribution in [0, 0.1) is 24.6 Å². The van der Waals surface area contributed by atoms with Crippen molar-refractivity contribution in [3.63, 3.8) is 0 Å². The van der Waals surface area contributed by atoms with E-state index in [2.05, 4.69) is 30.8 Å². The van der Waals surface area contributed by atoms with Gasteiger partial charge >= 0.3 is 5.97 Å². The van der Waals surface area contributed by atoms with Crippen molar-refractivity contribution in [1.29, 1.82) is 0 Å². The molecule has 1 aliphatic heterocycles. The topological polar surface area (TPSA) is 54.0 Å². The third kappa shape index (κ3) is 6.28. The van der Waals surface area contributed by atoms with Gasteiger partial charge in [0.2, 0.25) is 0 Å². The highest BCUT2D eigenvalue weighted by molar-refractivity contribution is 5.77. The van der Waals surface area contributed by atoms with Crippen LogP contribution >= 0.6 is 0 Å². The molecule has 6 heteroatoms. The standard InChI is InChI=1S/C30H37FO5/c1-4-18-34-26-16-17-27(29(31)20(26)3)36-30(32)28-15-12-24(19-35-28)23-8-6-21(7-9-23)22-10-13-25(14-11-22)33-5-2/h4,10-11,13-14,16-17,21,23-24,28H,1,5-9,12,15,18-19H2,2-3H3. The highest BCUT2D eigenvalue weighted by atomic mass is 19.1. The molecule has 0 amide bonds. The molecule has 4 rings (SSSR count). The van der Waals surface area contributed by atoms with Gasteiger partial charge in [-0.05, 0) is 100.0 Å². The lowest BCUT2D eigenvalue weighted by Gasteiger charge is -2.37. The molecule has 1 aliphatic carbocycles. The molecule has 2 aliphatic rings. The van der Waals surface area contributed by atoms with Crippen LogP contribution in [0.2, 0.25) is 0 Å². The van der Waals surface area contributed by atoms with Crippen LogP contribution in [0.25, 0.3) is 0 Å². The van der Waals surface area contributed by atoms with E-state index in [9.17, 15) is 9.18 Å². The van der Waals surface area contributed by atoms with Gasteiger partial charge in [0.05, 0.1) is 13.2 Å². The SMILES string of the molecule is C=CCOc1ccc(OC(=O)C2CCC(C3CCC(c4ccc(OCC)cc4)CC3)CO2)c(F)c1C. The molecule has 1 saturated heterocycles. The summed E-state index contributed by atoms with van der Waals surface area (Å²) < 4.78 is 37.0. The van der Waals surface area contributed by atoms with Crippen LogP contribution in [0.3, 0.4) is 0 Å². The molecule has 0 radical (unpaired) electrons. The van der Waals surface area contributed by atoms with Gasteiger partial charge in [-0.25, -0.2) is 9.18 Å². The number of esters is 1. The third-order valence-electron chi connectivity index (χ3n) is 7.54. The van der Waals surface area contributed by atoms with E-state index in [1.165, 1.54) is 37.3 Å². The number of benzene rings is 2. The maximum Gasteiger partial charge on any atom is 0.340 e. The molecule has 1 heterocycles. The zero-order valence-electron chi connectivity index (χ0n) is 21.3. The first kappa shape index (κ1) is 26.2. The van der Waals surface area contributed by atoms with Crippen molar-refractivity contribution < 1.29 is 28.1 Å². The summed E-state index contributed by atoms with van der Waals surface area (Å²) in [5.41, 5.74) is 1.69. The lowest BCUT2D eigenvalue weighted by atomic mass is 9.72. The number of hydrogen-bond donors (Lipinski definition) is 0. The van der Waals surface area contributed by atoms with Crippen molar-refractivity contribution in [2.24, 2.45) is 11.8 Å². The minimum Gasteiger partial charge on any atom is -0.494 e. The minimum absolute atomic E-state index is 0.0956. The van der Waals surface area contributed by atoms with Crippen LogP contribution in [0.5, 0.6) is 17.2 Å². The highest BCUT2D eigenvalue weighted by Gasteiger charge is 2.35. The van der Waals surface area contributed by atoms with E-state index >= 15 is 0 Å². The van der Waals surface area contributed by atoms with E-state index in [1.807, 2.05) is 6.92 Å². The molecular formula is C30H37FO5. The molecule has 0 N–H and O–H groups in total. The Morgan fingerprint density at radius 1 is 1.00 bits per heavy atom. The lowest BCUT2D eigenvalue weighted by Crippen LogP contribution is -2.38. The quantitative estimate of drug-likeness (QED) is 0.218. The van der Waals surface area contributed by atoms with Gasteiger partial charge in [0.25, 0.3) is 0 Å². The Kier molecular flexibility index (Phi) is 9.03. The summed E-state index contributed by atoms with van der Waals surface area (Å²) in [4.78, 5) is 12.7. The molecule has 2 aromatic carbocycles. The number of ether oxygens (including phenoxy) is 4. The van der Waals surface area contributed by atoms with Gasteiger partial charge < -0.3 is 18.9 Å². The molecule has 2 unspecified atom stereocenters. The van der Waals surface area contributed by atoms with E-state index in [0.717, 1.165) is 12.2 Å². The first-order valence-electron chi connectivity index (χ1n) is 13.1. The summed E-state index contributed by atoms with van der Waals surface area (Å²) in [5, 5.41) is 0. The summed E-state index contributed by atoms with van der Waals surface area (Å²) in [6.45, 7) is 8.69. The molecule has 36 heavy (non-hydrogen) atoms. The van der Waals surface area contributed by atoms with Gasteiger partial charge in [0, 0.05) is 5.56 Å². The lowest BCUT2D eigenvalue weighted by molar-refractivity contribution is -0.153. The molecule has 0 spiro atoms. The summed E-state index contributed by atoms with van der Waals surface area (Å²) >= 11 is 0. The monoisotopic (exact) mass is 496 g/mol. The summed E-state index contributed by atoms with van der Waals surface area (Å²) in [7, 11) is 0. The van der Waals surface area contributed by atoms with Gasteiger partial charge in [-0.15, -0.1) is 0 Å². The minimum atomic E-state index is -0.655. The second kappa shape index (κ2) is 12.4. The molecule has 194 valence electrons. The fourth-order valence-corrected chi connectivity index (χ4v) is 5.46. The Balaban J connectivity index is 1.24. The van der Waals surface area contributed by atoms with Gasteiger partial charge in [-0.3, -0.25) is 0 Å². The van der Waals surface area contributed by atoms with E-state index in [0.29, 0.717) is 48.7 Å². The van der Waals surface area contributed by atoms with Crippen LogP contribution in [-0.4, -0.2) is 31.9 Å². The zero-order valence-corrected chi connectivity index (χ0v) is 21.3. The number of carbonyl (C=O) groups is 1. The van der Waals surface area contributed by atoms with E-state index in [-0.39, 0.29) is 12.4 Å². The Bertz CT molecular complexity index is 1020. The van der Waals surface area contributed by atoms with E-state index in [1.54, 1.807) is 19.1 Å². The fourth-order valence-electron chi connectivity index (χ4n) is 5.46. The maximum absolute atomic E-state index is 14.7. The molecule has 1 saturated carbocycles. The predicted octanol–water partition coefficient (Wildman–Crippen LogP) is 6.77. The van der Waals surface area contributed by atoms with Crippen LogP contribution in [0.4, 0.5) is 4.39 Å². The smallest absolute Gasteiger partial charge is 0.340 e. The van der Waals surface area contributed by atoms with Crippen LogP contribution in [-0.2, 0) is 9.53 Å². The van der Waals surface area contributed by atoms with Crippen molar-refractivity contribution in [3.8, 4) is 17.2 Å². The van der Waals surface area contributed by atoms with Crippen molar-refractivity contribution in [2.45, 2.75) is 64.4 Å². The number of hydrogen-bond acceptors (Lipinski definition) is 5. The Hall–Kier alpha value is -2.86. The summed E-state index contributed by atoms with van der Waals surface area (Å²) in [6.07, 6.45) is 7.15. The summed E-state index contributed by atoms with van der Waals surface area (Å²) in [6, 6.07) is 11.6. The third-order valence-corrected chi connectivity index (χ3v) is 7.54. The molecule has 2 aromatic rings. The average Bonchev–Trinajstić information content (AvgIpc) is 2.92. The molecule has 2 atom stereocenters. The first-order valence-corrected chi connectivity index (χ1v) is 13.1. The Labute approximate surface area is 213 Å². The van der Waals surface area contributed by atoms with Gasteiger partial charge in [-0.2, -0.15) is 0 Å². The second-order valence-electron chi connectivity index (χ2n) is 9.79. The van der Waals surface area contributed by atoms with Crippen molar-refractivity contribution >= 4 is 5.97 Å².